The lowest BCUT2D eigenvalue weighted by Crippen LogP contribution is -2.29. The number of benzene rings is 1. The molecule has 1 aliphatic heterocycles. The van der Waals surface area contributed by atoms with Crippen LogP contribution in [0.2, 0.25) is 5.02 Å². The van der Waals surface area contributed by atoms with E-state index in [4.69, 9.17) is 28.6 Å². The molecule has 1 aliphatic rings. The van der Waals surface area contributed by atoms with Gasteiger partial charge in [0, 0.05) is 18.5 Å². The van der Waals surface area contributed by atoms with Crippen molar-refractivity contribution in [2.24, 2.45) is 0 Å². The van der Waals surface area contributed by atoms with Crippen LogP contribution in [0, 0.1) is 5.82 Å². The maximum Gasteiger partial charge on any atom is 0.305 e. The van der Waals surface area contributed by atoms with Crippen molar-refractivity contribution in [1.82, 2.24) is 4.90 Å². The highest BCUT2D eigenvalue weighted by atomic mass is 35.5. The van der Waals surface area contributed by atoms with Crippen LogP contribution in [-0.2, 0) is 14.3 Å². The van der Waals surface area contributed by atoms with Crippen LogP contribution in [-0.4, -0.2) is 34.2 Å². The van der Waals surface area contributed by atoms with E-state index in [-0.39, 0.29) is 28.9 Å². The van der Waals surface area contributed by atoms with Gasteiger partial charge in [0.05, 0.1) is 16.5 Å². The van der Waals surface area contributed by atoms with E-state index in [0.29, 0.717) is 28.8 Å². The van der Waals surface area contributed by atoms with Gasteiger partial charge >= 0.3 is 5.97 Å². The first-order valence-electron chi connectivity index (χ1n) is 7.29. The molecule has 1 amide bonds. The van der Waals surface area contributed by atoms with Gasteiger partial charge in [0.1, 0.15) is 10.1 Å². The van der Waals surface area contributed by atoms with Gasteiger partial charge in [0.25, 0.3) is 5.91 Å². The molecule has 1 heterocycles. The standard InChI is InChI=1S/C16H15ClFNO3S2/c1-2-22-14(20)7-4-8-19-15(21)13(24-16(19)23)9-10-11(17)5-3-6-12(10)18/h3,5-6,9H,2,4,7-8H2,1H3/b13-9-. The number of hydrogen-bond donors (Lipinski definition) is 0. The number of thiocarbonyl (C=S) groups is 1. The highest BCUT2D eigenvalue weighted by Gasteiger charge is 2.32. The molecule has 0 aromatic heterocycles. The minimum atomic E-state index is -0.505. The van der Waals surface area contributed by atoms with E-state index in [0.717, 1.165) is 11.8 Å². The van der Waals surface area contributed by atoms with Crippen LogP contribution < -0.4 is 0 Å². The van der Waals surface area contributed by atoms with Crippen LogP contribution >= 0.6 is 35.6 Å². The number of carbonyl (C=O) groups excluding carboxylic acids is 2. The molecule has 0 saturated carbocycles. The molecule has 2 rings (SSSR count). The Morgan fingerprint density at radius 1 is 1.50 bits per heavy atom. The topological polar surface area (TPSA) is 46.6 Å². The summed E-state index contributed by atoms with van der Waals surface area (Å²) >= 11 is 12.3. The SMILES string of the molecule is CCOC(=O)CCCN1C(=O)/C(=C/c2c(F)cccc2Cl)SC1=S. The first-order valence-corrected chi connectivity index (χ1v) is 8.89. The molecule has 128 valence electrons. The van der Waals surface area contributed by atoms with Gasteiger partial charge in [-0.3, -0.25) is 14.5 Å². The largest absolute Gasteiger partial charge is 0.466 e. The average Bonchev–Trinajstić information content (AvgIpc) is 2.79. The molecule has 4 nitrogen and oxygen atoms in total. The van der Waals surface area contributed by atoms with Crippen LogP contribution in [0.25, 0.3) is 6.08 Å². The molecule has 24 heavy (non-hydrogen) atoms. The van der Waals surface area contributed by atoms with Gasteiger partial charge in [-0.2, -0.15) is 0 Å². The van der Waals surface area contributed by atoms with E-state index >= 15 is 0 Å². The van der Waals surface area contributed by atoms with Crippen molar-refractivity contribution >= 4 is 57.9 Å². The van der Waals surface area contributed by atoms with Gasteiger partial charge in [-0.05, 0) is 31.6 Å². The summed E-state index contributed by atoms with van der Waals surface area (Å²) in [6.45, 7) is 2.37. The van der Waals surface area contributed by atoms with E-state index in [9.17, 15) is 14.0 Å². The van der Waals surface area contributed by atoms with E-state index in [1.54, 1.807) is 13.0 Å². The van der Waals surface area contributed by atoms with Crippen molar-refractivity contribution in [1.29, 1.82) is 0 Å². The fourth-order valence-electron chi connectivity index (χ4n) is 2.09. The maximum atomic E-state index is 13.8. The molecule has 0 atom stereocenters. The molecule has 1 aromatic carbocycles. The number of carbonyl (C=O) groups is 2. The Hall–Kier alpha value is -1.44. The zero-order valence-electron chi connectivity index (χ0n) is 12.9. The summed E-state index contributed by atoms with van der Waals surface area (Å²) < 4.78 is 19.1. The second-order valence-electron chi connectivity index (χ2n) is 4.88. The molecular weight excluding hydrogens is 373 g/mol. The zero-order valence-corrected chi connectivity index (χ0v) is 15.3. The van der Waals surface area contributed by atoms with Crippen molar-refractivity contribution in [2.75, 3.05) is 13.2 Å². The van der Waals surface area contributed by atoms with Gasteiger partial charge in [0.2, 0.25) is 0 Å². The molecule has 1 fully saturated rings. The molecular formula is C16H15ClFNO3S2. The quantitative estimate of drug-likeness (QED) is 0.419. The van der Waals surface area contributed by atoms with Crippen LogP contribution in [0.1, 0.15) is 25.3 Å². The van der Waals surface area contributed by atoms with E-state index < -0.39 is 5.82 Å². The van der Waals surface area contributed by atoms with Gasteiger partial charge in [-0.25, -0.2) is 4.39 Å². The second-order valence-corrected chi connectivity index (χ2v) is 6.96. The highest BCUT2D eigenvalue weighted by molar-refractivity contribution is 8.26. The Balaban J connectivity index is 2.06. The predicted octanol–water partition coefficient (Wildman–Crippen LogP) is 4.02. The van der Waals surface area contributed by atoms with Crippen molar-refractivity contribution in [3.8, 4) is 0 Å². The lowest BCUT2D eigenvalue weighted by atomic mass is 10.2. The molecule has 1 saturated heterocycles. The first kappa shape index (κ1) is 18.9. The number of amides is 1. The molecule has 0 N–H and O–H groups in total. The average molecular weight is 388 g/mol. The van der Waals surface area contributed by atoms with Crippen molar-refractivity contribution in [3.63, 3.8) is 0 Å². The van der Waals surface area contributed by atoms with E-state index in [1.807, 2.05) is 0 Å². The van der Waals surface area contributed by atoms with Crippen molar-refractivity contribution in [3.05, 3.63) is 39.5 Å². The Bertz CT molecular complexity index is 688. The van der Waals surface area contributed by atoms with Gasteiger partial charge in [-0.15, -0.1) is 0 Å². The summed E-state index contributed by atoms with van der Waals surface area (Å²) in [4.78, 5) is 25.5. The highest BCUT2D eigenvalue weighted by Crippen LogP contribution is 2.34. The zero-order chi connectivity index (χ0) is 17.7. The Labute approximate surface area is 154 Å². The fourth-order valence-corrected chi connectivity index (χ4v) is 3.60. The molecule has 0 spiro atoms. The number of nitrogens with zero attached hydrogens (tertiary/aromatic N) is 1. The number of thioether (sulfide) groups is 1. The predicted molar refractivity (Wildman–Crippen MR) is 97.2 cm³/mol. The van der Waals surface area contributed by atoms with Crippen molar-refractivity contribution < 1.29 is 18.7 Å². The number of halogens is 2. The minimum Gasteiger partial charge on any atom is -0.466 e. The van der Waals surface area contributed by atoms with Gasteiger partial charge < -0.3 is 4.74 Å². The summed E-state index contributed by atoms with van der Waals surface area (Å²) in [7, 11) is 0. The Kier molecular flexibility index (Phi) is 6.77. The molecule has 8 heteroatoms. The number of esters is 1. The third-order valence-electron chi connectivity index (χ3n) is 3.22. The maximum absolute atomic E-state index is 13.8. The monoisotopic (exact) mass is 387 g/mol. The molecule has 0 unspecified atom stereocenters. The summed E-state index contributed by atoms with van der Waals surface area (Å²) in [6.07, 6.45) is 2.06. The molecule has 0 radical (unpaired) electrons. The van der Waals surface area contributed by atoms with Crippen LogP contribution in [0.5, 0.6) is 0 Å². The fraction of sp³-hybridized carbons (Fsp3) is 0.312. The third-order valence-corrected chi connectivity index (χ3v) is 4.92. The third kappa shape index (κ3) is 4.55. The summed E-state index contributed by atoms with van der Waals surface area (Å²) in [5.74, 6) is -1.13. The van der Waals surface area contributed by atoms with Crippen LogP contribution in [0.15, 0.2) is 23.1 Å². The minimum absolute atomic E-state index is 0.159. The first-order chi connectivity index (χ1) is 11.4. The van der Waals surface area contributed by atoms with Crippen LogP contribution in [0.4, 0.5) is 4.39 Å². The number of ether oxygens (including phenoxy) is 1. The molecule has 0 aliphatic carbocycles. The number of hydrogen-bond acceptors (Lipinski definition) is 5. The summed E-state index contributed by atoms with van der Waals surface area (Å²) in [5.41, 5.74) is 0.159. The Morgan fingerprint density at radius 2 is 2.25 bits per heavy atom. The summed E-state index contributed by atoms with van der Waals surface area (Å²) in [5, 5.41) is 0.225. The van der Waals surface area contributed by atoms with Crippen molar-refractivity contribution in [2.45, 2.75) is 19.8 Å². The normalized spacial score (nSPS) is 16.1. The number of rotatable bonds is 6. The molecule has 1 aromatic rings. The second kappa shape index (κ2) is 8.60. The van der Waals surface area contributed by atoms with E-state index in [2.05, 4.69) is 0 Å². The molecule has 0 bridgehead atoms. The summed E-state index contributed by atoms with van der Waals surface area (Å²) in [6, 6.07) is 4.32. The van der Waals surface area contributed by atoms with Crippen LogP contribution in [0.3, 0.4) is 0 Å². The lowest BCUT2D eigenvalue weighted by molar-refractivity contribution is -0.143. The van der Waals surface area contributed by atoms with Gasteiger partial charge in [0.15, 0.2) is 0 Å². The van der Waals surface area contributed by atoms with E-state index in [1.165, 1.54) is 23.1 Å². The smallest absolute Gasteiger partial charge is 0.305 e. The Morgan fingerprint density at radius 3 is 2.92 bits per heavy atom. The van der Waals surface area contributed by atoms with Gasteiger partial charge in [-0.1, -0.05) is 41.6 Å². The lowest BCUT2D eigenvalue weighted by Gasteiger charge is -2.13.